The van der Waals surface area contributed by atoms with Crippen LogP contribution >= 0.6 is 0 Å². The second-order valence-corrected chi connectivity index (χ2v) is 15.0. The number of fused-ring (bicyclic) bond motifs is 6. The molecule has 0 aliphatic heterocycles. The Morgan fingerprint density at radius 1 is 0.886 bits per heavy atom. The van der Waals surface area contributed by atoms with E-state index >= 15 is 0 Å². The van der Waals surface area contributed by atoms with Crippen molar-refractivity contribution in [2.75, 3.05) is 6.61 Å². The summed E-state index contributed by atoms with van der Waals surface area (Å²) in [6.45, 7) is 13.6. The van der Waals surface area contributed by atoms with Crippen LogP contribution in [0.3, 0.4) is 0 Å². The largest absolute Gasteiger partial charge is 0.481 e. The number of aliphatic hydroxyl groups is 3. The zero-order chi connectivity index (χ0) is 25.8. The van der Waals surface area contributed by atoms with Crippen molar-refractivity contribution < 1.29 is 25.2 Å². The minimum atomic E-state index is -0.901. The van der Waals surface area contributed by atoms with E-state index in [1.807, 2.05) is 6.92 Å². The Bertz CT molecular complexity index is 954. The smallest absolute Gasteiger partial charge is 0.313 e. The molecule has 0 aromatic carbocycles. The van der Waals surface area contributed by atoms with Gasteiger partial charge in [-0.1, -0.05) is 52.7 Å². The number of aliphatic carboxylic acids is 1. The number of rotatable bonds is 2. The molecule has 0 aromatic rings. The van der Waals surface area contributed by atoms with E-state index < -0.39 is 29.0 Å². The molecule has 0 amide bonds. The summed E-state index contributed by atoms with van der Waals surface area (Å²) in [7, 11) is 0. The molecule has 5 heteroatoms. The molecule has 5 aliphatic rings. The highest BCUT2D eigenvalue weighted by molar-refractivity contribution is 5.80. The predicted molar refractivity (Wildman–Crippen MR) is 136 cm³/mol. The Hall–Kier alpha value is -0.910. The van der Waals surface area contributed by atoms with E-state index in [0.29, 0.717) is 12.3 Å². The van der Waals surface area contributed by atoms with Gasteiger partial charge in [-0.3, -0.25) is 4.79 Å². The van der Waals surface area contributed by atoms with Crippen LogP contribution in [-0.4, -0.2) is 45.2 Å². The van der Waals surface area contributed by atoms with Gasteiger partial charge in [-0.15, -0.1) is 0 Å². The minimum absolute atomic E-state index is 0.00344. The van der Waals surface area contributed by atoms with Crippen molar-refractivity contribution in [3.05, 3.63) is 11.1 Å². The molecule has 4 N–H and O–H groups in total. The van der Waals surface area contributed by atoms with E-state index in [-0.39, 0.29) is 34.2 Å². The fraction of sp³-hybridized carbons (Fsp3) is 0.900. The van der Waals surface area contributed by atoms with E-state index in [2.05, 4.69) is 34.6 Å². The number of carboxylic acid groups (broad SMARTS) is 1. The molecule has 0 radical (unpaired) electrons. The minimum Gasteiger partial charge on any atom is -0.481 e. The van der Waals surface area contributed by atoms with E-state index in [0.717, 1.165) is 57.8 Å². The molecule has 0 aromatic heterocycles. The first-order valence-corrected chi connectivity index (χ1v) is 14.0. The molecule has 0 heterocycles. The third-order valence-electron chi connectivity index (χ3n) is 13.0. The first kappa shape index (κ1) is 25.7. The van der Waals surface area contributed by atoms with E-state index in [1.165, 1.54) is 11.1 Å². The molecule has 198 valence electrons. The van der Waals surface area contributed by atoms with Gasteiger partial charge in [0.1, 0.15) is 0 Å². The molecule has 5 nitrogen and oxygen atoms in total. The number of hydrogen-bond donors (Lipinski definition) is 4. The number of hydrogen-bond acceptors (Lipinski definition) is 4. The molecule has 4 fully saturated rings. The fourth-order valence-corrected chi connectivity index (χ4v) is 10.8. The summed E-state index contributed by atoms with van der Waals surface area (Å²) in [6.07, 6.45) is 6.98. The van der Waals surface area contributed by atoms with Crippen LogP contribution in [0.1, 0.15) is 106 Å². The highest BCUT2D eigenvalue weighted by atomic mass is 16.4. The van der Waals surface area contributed by atoms with Gasteiger partial charge in [0.25, 0.3) is 0 Å². The molecule has 0 unspecified atom stereocenters. The van der Waals surface area contributed by atoms with Gasteiger partial charge in [0.05, 0.1) is 24.2 Å². The summed E-state index contributed by atoms with van der Waals surface area (Å²) >= 11 is 0. The van der Waals surface area contributed by atoms with Crippen molar-refractivity contribution in [3.63, 3.8) is 0 Å². The summed E-state index contributed by atoms with van der Waals surface area (Å²) in [6, 6.07) is 0. The van der Waals surface area contributed by atoms with Gasteiger partial charge in [-0.2, -0.15) is 0 Å². The summed E-state index contributed by atoms with van der Waals surface area (Å²) in [5, 5.41) is 42.8. The van der Waals surface area contributed by atoms with Crippen LogP contribution in [0.25, 0.3) is 0 Å². The van der Waals surface area contributed by atoms with Crippen LogP contribution in [0.15, 0.2) is 11.1 Å². The fourth-order valence-electron chi connectivity index (χ4n) is 10.8. The monoisotopic (exact) mass is 488 g/mol. The molecule has 4 saturated carbocycles. The predicted octanol–water partition coefficient (Wildman–Crippen LogP) is 5.32. The van der Waals surface area contributed by atoms with Crippen LogP contribution in [-0.2, 0) is 4.79 Å². The van der Waals surface area contributed by atoms with Crippen LogP contribution in [0.5, 0.6) is 0 Å². The number of aliphatic hydroxyl groups excluding tert-OH is 3. The zero-order valence-electron chi connectivity index (χ0n) is 22.8. The van der Waals surface area contributed by atoms with Crippen molar-refractivity contribution >= 4 is 5.97 Å². The van der Waals surface area contributed by atoms with E-state index in [1.54, 1.807) is 0 Å². The van der Waals surface area contributed by atoms with Crippen LogP contribution in [0.2, 0.25) is 0 Å². The lowest BCUT2D eigenvalue weighted by Crippen LogP contribution is -2.67. The topological polar surface area (TPSA) is 98.0 Å². The average Bonchev–Trinajstić information content (AvgIpc) is 2.77. The lowest BCUT2D eigenvalue weighted by Gasteiger charge is -2.71. The zero-order valence-corrected chi connectivity index (χ0v) is 22.8. The first-order chi connectivity index (χ1) is 16.1. The first-order valence-electron chi connectivity index (χ1n) is 14.0. The number of allylic oxidation sites excluding steroid dienone is 1. The highest BCUT2D eigenvalue weighted by Crippen LogP contribution is 2.75. The second kappa shape index (κ2) is 7.57. The van der Waals surface area contributed by atoms with E-state index in [9.17, 15) is 25.2 Å². The quantitative estimate of drug-likeness (QED) is 0.394. The maximum Gasteiger partial charge on any atom is 0.313 e. The Labute approximate surface area is 211 Å². The molecular formula is C30H48O5. The molecule has 35 heavy (non-hydrogen) atoms. The van der Waals surface area contributed by atoms with Crippen LogP contribution in [0, 0.1) is 44.3 Å². The second-order valence-electron chi connectivity index (χ2n) is 15.0. The van der Waals surface area contributed by atoms with Crippen molar-refractivity contribution in [2.45, 2.75) is 118 Å². The molecule has 9 atom stereocenters. The third kappa shape index (κ3) is 3.07. The molecule has 5 aliphatic carbocycles. The summed E-state index contributed by atoms with van der Waals surface area (Å²) in [5.74, 6) is -0.0988. The Balaban J connectivity index is 1.63. The van der Waals surface area contributed by atoms with Gasteiger partial charge in [0.2, 0.25) is 0 Å². The maximum absolute atomic E-state index is 12.8. The Morgan fingerprint density at radius 2 is 1.54 bits per heavy atom. The van der Waals surface area contributed by atoms with Crippen molar-refractivity contribution in [1.82, 2.24) is 0 Å². The van der Waals surface area contributed by atoms with Crippen molar-refractivity contribution in [1.29, 1.82) is 0 Å². The van der Waals surface area contributed by atoms with Crippen molar-refractivity contribution in [3.8, 4) is 0 Å². The summed E-state index contributed by atoms with van der Waals surface area (Å²) < 4.78 is 0. The normalized spacial score (nSPS) is 53.2. The van der Waals surface area contributed by atoms with E-state index in [4.69, 9.17) is 0 Å². The standard InChI is InChI=1S/C30H48O5/c1-25(2)11-13-30(24(34)35)14-12-28(5)18(19(30)15-25)7-8-22-26(3)16-20(32)23(33)27(4,17-31)21(26)9-10-29(22,28)6/h20-23,31-33H,7-17H2,1-6H3,(H,34,35)/t20-,21-,22-,23+,26+,27+,28-,29-,30+/m1/s1. The lowest BCUT2D eigenvalue weighted by atomic mass is 9.33. The van der Waals surface area contributed by atoms with Gasteiger partial charge in [-0.05, 0) is 97.7 Å². The van der Waals surface area contributed by atoms with Gasteiger partial charge >= 0.3 is 5.97 Å². The maximum atomic E-state index is 12.8. The lowest BCUT2D eigenvalue weighted by molar-refractivity contribution is -0.245. The molecule has 5 rings (SSSR count). The van der Waals surface area contributed by atoms with Gasteiger partial charge < -0.3 is 20.4 Å². The molecule has 0 saturated heterocycles. The van der Waals surface area contributed by atoms with Crippen LogP contribution in [0.4, 0.5) is 0 Å². The van der Waals surface area contributed by atoms with Gasteiger partial charge in [0.15, 0.2) is 0 Å². The Kier molecular flexibility index (Phi) is 5.56. The van der Waals surface area contributed by atoms with Crippen LogP contribution < -0.4 is 0 Å². The van der Waals surface area contributed by atoms with Gasteiger partial charge in [0, 0.05) is 5.41 Å². The summed E-state index contributed by atoms with van der Waals surface area (Å²) in [4.78, 5) is 12.8. The molecule has 0 spiro atoms. The number of carboxylic acids is 1. The molecule has 0 bridgehead atoms. The number of carbonyl (C=O) groups is 1. The van der Waals surface area contributed by atoms with Gasteiger partial charge in [-0.25, -0.2) is 0 Å². The molecular weight excluding hydrogens is 440 g/mol. The third-order valence-corrected chi connectivity index (χ3v) is 13.0. The average molecular weight is 489 g/mol. The summed E-state index contributed by atoms with van der Waals surface area (Å²) in [5.41, 5.74) is 1.22. The SMILES string of the molecule is CC1(C)CC[C@]2(C(=O)O)CC[C@]3(C)C(=C2C1)CC[C@@H]1[C@@]2(C)C[C@@H](O)[C@H](O)[C@@](C)(CO)[C@@H]2CC[C@]13C. The van der Waals surface area contributed by atoms with Crippen molar-refractivity contribution in [2.24, 2.45) is 44.3 Å². The Morgan fingerprint density at radius 3 is 2.17 bits per heavy atom. The highest BCUT2D eigenvalue weighted by Gasteiger charge is 2.69.